The molecule has 8 nitrogen and oxygen atoms in total. The van der Waals surface area contributed by atoms with Gasteiger partial charge in [-0.25, -0.2) is 4.68 Å². The van der Waals surface area contributed by atoms with E-state index in [0.717, 1.165) is 18.5 Å². The van der Waals surface area contributed by atoms with Gasteiger partial charge in [-0.2, -0.15) is 13.5 Å². The van der Waals surface area contributed by atoms with Crippen LogP contribution in [0.25, 0.3) is 5.69 Å². The second-order valence-electron chi connectivity index (χ2n) is 7.63. The fourth-order valence-electron chi connectivity index (χ4n) is 4.13. The highest BCUT2D eigenvalue weighted by molar-refractivity contribution is 7.90. The second kappa shape index (κ2) is 7.66. The minimum Gasteiger partial charge on any atom is -0.355 e. The summed E-state index contributed by atoms with van der Waals surface area (Å²) in [6.07, 6.45) is 5.02. The molecule has 1 amide bonds. The summed E-state index contributed by atoms with van der Waals surface area (Å²) >= 11 is 0. The number of hydrogen-bond acceptors (Lipinski definition) is 5. The summed E-state index contributed by atoms with van der Waals surface area (Å²) in [5, 5.41) is 7.28. The van der Waals surface area contributed by atoms with Crippen LogP contribution in [-0.4, -0.2) is 47.9 Å². The van der Waals surface area contributed by atoms with E-state index in [1.54, 1.807) is 35.1 Å². The Morgan fingerprint density at radius 2 is 1.87 bits per heavy atom. The second-order valence-corrected chi connectivity index (χ2v) is 9.20. The average Bonchev–Trinajstić information content (AvgIpc) is 3.41. The highest BCUT2D eigenvalue weighted by Gasteiger charge is 2.35. The summed E-state index contributed by atoms with van der Waals surface area (Å²) in [6.45, 7) is 1.08. The molecule has 0 aliphatic carbocycles. The van der Waals surface area contributed by atoms with E-state index in [1.165, 1.54) is 0 Å². The highest BCUT2D eigenvalue weighted by atomic mass is 32.2. The normalized spacial score (nSPS) is 19.5. The maximum atomic E-state index is 13.1. The van der Waals surface area contributed by atoms with Crippen molar-refractivity contribution >= 4 is 27.5 Å². The van der Waals surface area contributed by atoms with Gasteiger partial charge in [-0.3, -0.25) is 4.79 Å². The van der Waals surface area contributed by atoms with Crippen LogP contribution in [0.2, 0.25) is 0 Å². The first kappa shape index (κ1) is 19.5. The number of amidine groups is 1. The Morgan fingerprint density at radius 3 is 2.71 bits per heavy atom. The molecule has 1 unspecified atom stereocenters. The third-order valence-corrected chi connectivity index (χ3v) is 6.94. The Hall–Kier alpha value is -3.46. The first-order chi connectivity index (χ1) is 15.0. The highest BCUT2D eigenvalue weighted by Crippen LogP contribution is 2.30. The molecule has 0 spiro atoms. The van der Waals surface area contributed by atoms with Crippen LogP contribution >= 0.6 is 0 Å². The number of para-hydroxylation sites is 2. The average molecular weight is 436 g/mol. The van der Waals surface area contributed by atoms with Crippen LogP contribution in [0.15, 0.2) is 76.3 Å². The van der Waals surface area contributed by atoms with E-state index in [9.17, 15) is 13.2 Å². The lowest BCUT2D eigenvalue weighted by Gasteiger charge is -2.33. The Labute approximate surface area is 180 Å². The van der Waals surface area contributed by atoms with Crippen LogP contribution in [0, 0.1) is 5.92 Å². The molecular weight excluding hydrogens is 414 g/mol. The van der Waals surface area contributed by atoms with E-state index in [2.05, 4.69) is 14.8 Å². The Kier molecular flexibility index (Phi) is 4.82. The van der Waals surface area contributed by atoms with E-state index in [4.69, 9.17) is 0 Å². The summed E-state index contributed by atoms with van der Waals surface area (Å²) < 4.78 is 30.5. The minimum atomic E-state index is -3.69. The molecule has 1 atom stereocenters. The predicted octanol–water partition coefficient (Wildman–Crippen LogP) is 2.67. The van der Waals surface area contributed by atoms with Crippen molar-refractivity contribution in [1.82, 2.24) is 14.7 Å². The van der Waals surface area contributed by atoms with Crippen LogP contribution in [0.3, 0.4) is 0 Å². The molecule has 3 heterocycles. The zero-order chi connectivity index (χ0) is 21.4. The number of sulfonamides is 1. The number of nitrogens with zero attached hydrogens (tertiary/aromatic N) is 4. The standard InChI is InChI=1S/C22H21N5O3S/c28-22(24-18-9-2-3-10-19(18)27-14-6-12-23-27)16-7-5-13-26(15-16)21-17-8-1-4-11-20(17)31(29,30)25-21/h1-4,6,8-12,14,16H,5,7,13,15H2,(H,24,28). The monoisotopic (exact) mass is 435 g/mol. The molecule has 2 aliphatic heterocycles. The van der Waals surface area contributed by atoms with Gasteiger partial charge in [-0.05, 0) is 43.2 Å². The first-order valence-electron chi connectivity index (χ1n) is 10.1. The summed E-state index contributed by atoms with van der Waals surface area (Å²) in [5.74, 6) is 0.0571. The van der Waals surface area contributed by atoms with Gasteiger partial charge in [-0.1, -0.05) is 24.3 Å². The zero-order valence-electron chi connectivity index (χ0n) is 16.7. The van der Waals surface area contributed by atoms with Crippen LogP contribution < -0.4 is 5.32 Å². The molecular formula is C22H21N5O3S. The van der Waals surface area contributed by atoms with Gasteiger partial charge in [-0.15, -0.1) is 4.40 Å². The SMILES string of the molecule is O=C(Nc1ccccc1-n1cccn1)C1CCCN(C2=NS(=O)(=O)c3ccccc32)C1. The number of nitrogens with one attached hydrogen (secondary N) is 1. The third-order valence-electron chi connectivity index (χ3n) is 5.62. The van der Waals surface area contributed by atoms with Gasteiger partial charge in [0.2, 0.25) is 5.91 Å². The van der Waals surface area contributed by atoms with Crippen molar-refractivity contribution in [3.05, 3.63) is 72.6 Å². The number of carbonyl (C=O) groups is 1. The smallest absolute Gasteiger partial charge is 0.285 e. The van der Waals surface area contributed by atoms with Gasteiger partial charge in [0, 0.05) is 31.0 Å². The van der Waals surface area contributed by atoms with Crippen molar-refractivity contribution in [3.63, 3.8) is 0 Å². The van der Waals surface area contributed by atoms with E-state index in [0.29, 0.717) is 30.2 Å². The van der Waals surface area contributed by atoms with Gasteiger partial charge < -0.3 is 10.2 Å². The van der Waals surface area contributed by atoms with Gasteiger partial charge in [0.25, 0.3) is 10.0 Å². The van der Waals surface area contributed by atoms with Crippen LogP contribution in [-0.2, 0) is 14.8 Å². The van der Waals surface area contributed by atoms with Crippen LogP contribution in [0.4, 0.5) is 5.69 Å². The minimum absolute atomic E-state index is 0.0981. The quantitative estimate of drug-likeness (QED) is 0.682. The molecule has 0 saturated carbocycles. The lowest BCUT2D eigenvalue weighted by molar-refractivity contribution is -0.121. The number of aromatic nitrogens is 2. The number of carbonyl (C=O) groups excluding carboxylic acids is 1. The number of amides is 1. The fourth-order valence-corrected chi connectivity index (χ4v) is 5.35. The van der Waals surface area contributed by atoms with E-state index >= 15 is 0 Å². The Balaban J connectivity index is 1.36. The molecule has 3 aromatic rings. The summed E-state index contributed by atoms with van der Waals surface area (Å²) in [6, 6.07) is 16.2. The number of hydrogen-bond donors (Lipinski definition) is 1. The van der Waals surface area contributed by atoms with Crippen LogP contribution in [0.1, 0.15) is 18.4 Å². The van der Waals surface area contributed by atoms with E-state index in [1.807, 2.05) is 41.4 Å². The zero-order valence-corrected chi connectivity index (χ0v) is 17.5. The molecule has 0 radical (unpaired) electrons. The maximum Gasteiger partial charge on any atom is 0.285 e. The molecule has 2 aliphatic rings. The lowest BCUT2D eigenvalue weighted by atomic mass is 9.96. The maximum absolute atomic E-state index is 13.1. The van der Waals surface area contributed by atoms with Gasteiger partial charge in [0.15, 0.2) is 5.84 Å². The summed E-state index contributed by atoms with van der Waals surface area (Å²) in [5.41, 5.74) is 2.07. The number of anilines is 1. The van der Waals surface area contributed by atoms with Gasteiger partial charge >= 0.3 is 0 Å². The molecule has 5 rings (SSSR count). The van der Waals surface area contributed by atoms with Crippen molar-refractivity contribution < 1.29 is 13.2 Å². The number of rotatable bonds is 3. The Bertz CT molecular complexity index is 1270. The van der Waals surface area contributed by atoms with Crippen molar-refractivity contribution in [2.24, 2.45) is 10.3 Å². The third kappa shape index (κ3) is 3.61. The van der Waals surface area contributed by atoms with Crippen molar-refractivity contribution in [2.75, 3.05) is 18.4 Å². The molecule has 2 aromatic carbocycles. The first-order valence-corrected chi connectivity index (χ1v) is 11.6. The number of benzene rings is 2. The largest absolute Gasteiger partial charge is 0.355 e. The fraction of sp³-hybridized carbons (Fsp3) is 0.227. The molecule has 158 valence electrons. The van der Waals surface area contributed by atoms with E-state index < -0.39 is 10.0 Å². The molecule has 1 fully saturated rings. The van der Waals surface area contributed by atoms with E-state index in [-0.39, 0.29) is 16.7 Å². The Morgan fingerprint density at radius 1 is 1.06 bits per heavy atom. The van der Waals surface area contributed by atoms with Gasteiger partial charge in [0.05, 0.1) is 17.3 Å². The number of fused-ring (bicyclic) bond motifs is 1. The van der Waals surface area contributed by atoms with Crippen LogP contribution in [0.5, 0.6) is 0 Å². The van der Waals surface area contributed by atoms with Crippen molar-refractivity contribution in [1.29, 1.82) is 0 Å². The van der Waals surface area contributed by atoms with Gasteiger partial charge in [0.1, 0.15) is 4.90 Å². The molecule has 0 bridgehead atoms. The lowest BCUT2D eigenvalue weighted by Crippen LogP contribution is -2.43. The summed E-state index contributed by atoms with van der Waals surface area (Å²) in [4.78, 5) is 15.2. The van der Waals surface area contributed by atoms with Crippen molar-refractivity contribution in [3.8, 4) is 5.69 Å². The van der Waals surface area contributed by atoms with Crippen molar-refractivity contribution in [2.45, 2.75) is 17.7 Å². The number of likely N-dealkylation sites (tertiary alicyclic amines) is 1. The number of piperidine rings is 1. The molecule has 1 saturated heterocycles. The molecule has 9 heteroatoms. The molecule has 31 heavy (non-hydrogen) atoms. The molecule has 1 aromatic heterocycles. The summed E-state index contributed by atoms with van der Waals surface area (Å²) in [7, 11) is -3.69. The predicted molar refractivity (Wildman–Crippen MR) is 117 cm³/mol. The molecule has 1 N–H and O–H groups in total. The topological polar surface area (TPSA) is 96.7 Å².